The van der Waals surface area contributed by atoms with Crippen LogP contribution in [0, 0.1) is 0 Å². The predicted octanol–water partition coefficient (Wildman–Crippen LogP) is 1.28. The van der Waals surface area contributed by atoms with Crippen LogP contribution in [0.4, 0.5) is 0 Å². The van der Waals surface area contributed by atoms with Crippen molar-refractivity contribution in [2.45, 2.75) is 31.5 Å². The van der Waals surface area contributed by atoms with E-state index < -0.39 is 11.7 Å². The van der Waals surface area contributed by atoms with Gasteiger partial charge < -0.3 is 24.6 Å². The molecular weight excluding hydrogens is 270 g/mol. The van der Waals surface area contributed by atoms with Crippen molar-refractivity contribution in [3.63, 3.8) is 0 Å². The molecule has 1 heterocycles. The molecule has 118 valence electrons. The van der Waals surface area contributed by atoms with Gasteiger partial charge in [0.2, 0.25) is 0 Å². The van der Waals surface area contributed by atoms with E-state index in [0.29, 0.717) is 19.6 Å². The first kappa shape index (κ1) is 16.1. The van der Waals surface area contributed by atoms with E-state index in [1.165, 1.54) is 0 Å². The summed E-state index contributed by atoms with van der Waals surface area (Å²) in [6, 6.07) is 7.59. The molecule has 0 saturated carbocycles. The van der Waals surface area contributed by atoms with E-state index in [9.17, 15) is 10.2 Å². The summed E-state index contributed by atoms with van der Waals surface area (Å²) in [5.74, 6) is 1.49. The number of β-amino-alcohol motifs (C(OH)–C–C–N with tert-alkyl or cyclic N) is 1. The zero-order valence-electron chi connectivity index (χ0n) is 12.8. The average Bonchev–Trinajstić information content (AvgIpc) is 2.48. The number of ether oxygens (including phenoxy) is 2. The molecule has 1 aliphatic heterocycles. The van der Waals surface area contributed by atoms with Crippen molar-refractivity contribution >= 4 is 0 Å². The summed E-state index contributed by atoms with van der Waals surface area (Å²) in [6.45, 7) is 4.46. The molecule has 0 radical (unpaired) electrons. The van der Waals surface area contributed by atoms with Crippen LogP contribution in [0.15, 0.2) is 24.3 Å². The lowest BCUT2D eigenvalue weighted by atomic mass is 9.91. The maximum Gasteiger partial charge on any atom is 0.161 e. The van der Waals surface area contributed by atoms with Gasteiger partial charge in [-0.15, -0.1) is 0 Å². The highest BCUT2D eigenvalue weighted by Gasteiger charge is 2.35. The fourth-order valence-electron chi connectivity index (χ4n) is 2.50. The van der Waals surface area contributed by atoms with Crippen molar-refractivity contribution < 1.29 is 19.7 Å². The number of nitrogens with zero attached hydrogens (tertiary/aromatic N) is 1. The smallest absolute Gasteiger partial charge is 0.161 e. The molecule has 21 heavy (non-hydrogen) atoms. The predicted molar refractivity (Wildman–Crippen MR) is 80.8 cm³/mol. The lowest BCUT2D eigenvalue weighted by Crippen LogP contribution is -2.53. The summed E-state index contributed by atoms with van der Waals surface area (Å²) >= 11 is 0. The summed E-state index contributed by atoms with van der Waals surface area (Å²) in [6.07, 6.45) is 0.787. The molecule has 0 amide bonds. The van der Waals surface area contributed by atoms with E-state index in [-0.39, 0.29) is 0 Å². The van der Waals surface area contributed by atoms with Crippen molar-refractivity contribution in [3.8, 4) is 11.5 Å². The molecule has 1 fully saturated rings. The van der Waals surface area contributed by atoms with E-state index in [2.05, 4.69) is 4.90 Å². The second-order valence-electron chi connectivity index (χ2n) is 5.78. The first-order valence-corrected chi connectivity index (χ1v) is 7.41. The molecule has 1 aromatic rings. The first-order chi connectivity index (χ1) is 10.0. The summed E-state index contributed by atoms with van der Waals surface area (Å²) < 4.78 is 11.0. The number of aliphatic hydroxyl groups is 2. The van der Waals surface area contributed by atoms with Crippen LogP contribution >= 0.6 is 0 Å². The van der Waals surface area contributed by atoms with Crippen LogP contribution in [0.2, 0.25) is 0 Å². The van der Waals surface area contributed by atoms with Crippen molar-refractivity contribution in [2.75, 3.05) is 33.4 Å². The van der Waals surface area contributed by atoms with Gasteiger partial charge in [-0.05, 0) is 31.9 Å². The number of para-hydroxylation sites is 2. The Labute approximate surface area is 126 Å². The second kappa shape index (κ2) is 7.11. The minimum Gasteiger partial charge on any atom is -0.493 e. The zero-order chi connectivity index (χ0) is 15.3. The van der Waals surface area contributed by atoms with Crippen LogP contribution in [-0.4, -0.2) is 60.2 Å². The molecule has 0 aliphatic carbocycles. The number of methoxy groups -OCH3 is 1. The number of benzene rings is 1. The molecule has 0 spiro atoms. The molecule has 2 N–H and O–H groups in total. The van der Waals surface area contributed by atoms with Gasteiger partial charge >= 0.3 is 0 Å². The van der Waals surface area contributed by atoms with Crippen LogP contribution in [-0.2, 0) is 0 Å². The zero-order valence-corrected chi connectivity index (χ0v) is 12.8. The second-order valence-corrected chi connectivity index (χ2v) is 5.78. The lowest BCUT2D eigenvalue weighted by Gasteiger charge is -2.39. The molecule has 5 nitrogen and oxygen atoms in total. The van der Waals surface area contributed by atoms with Crippen LogP contribution in [0.3, 0.4) is 0 Å². The first-order valence-electron chi connectivity index (χ1n) is 7.41. The van der Waals surface area contributed by atoms with Crippen LogP contribution in [0.25, 0.3) is 0 Å². The minimum absolute atomic E-state index is 0.516. The Morgan fingerprint density at radius 1 is 1.33 bits per heavy atom. The molecule has 1 saturated heterocycles. The number of piperidine rings is 1. The van der Waals surface area contributed by atoms with Crippen LogP contribution in [0.1, 0.15) is 19.8 Å². The van der Waals surface area contributed by atoms with Gasteiger partial charge in [0.25, 0.3) is 0 Å². The number of hydrogen-bond donors (Lipinski definition) is 2. The van der Waals surface area contributed by atoms with Crippen LogP contribution in [0.5, 0.6) is 11.5 Å². The molecule has 0 unspecified atom stereocenters. The van der Waals surface area contributed by atoms with Crippen molar-refractivity contribution in [3.05, 3.63) is 24.3 Å². The lowest BCUT2D eigenvalue weighted by molar-refractivity contribution is -0.107. The van der Waals surface area contributed by atoms with Gasteiger partial charge in [0, 0.05) is 19.6 Å². The van der Waals surface area contributed by atoms with E-state index in [1.807, 2.05) is 24.3 Å². The van der Waals surface area contributed by atoms with Crippen molar-refractivity contribution in [2.24, 2.45) is 0 Å². The monoisotopic (exact) mass is 295 g/mol. The van der Waals surface area contributed by atoms with Gasteiger partial charge in [0.1, 0.15) is 0 Å². The fourth-order valence-corrected chi connectivity index (χ4v) is 2.50. The molecule has 0 bridgehead atoms. The Kier molecular flexibility index (Phi) is 5.45. The summed E-state index contributed by atoms with van der Waals surface area (Å²) in [5, 5.41) is 19.8. The average molecular weight is 295 g/mol. The number of aliphatic hydroxyl groups excluding tert-OH is 1. The molecule has 1 aliphatic rings. The van der Waals surface area contributed by atoms with Gasteiger partial charge in [-0.1, -0.05) is 12.1 Å². The Morgan fingerprint density at radius 2 is 2.05 bits per heavy atom. The Hall–Kier alpha value is -1.30. The van der Waals surface area contributed by atoms with Crippen molar-refractivity contribution in [1.29, 1.82) is 0 Å². The molecule has 2 rings (SSSR count). The standard InChI is InChI=1S/C16H25NO4/c1-16(19)8-10-17(12-15(16)18)9-5-11-21-14-7-4-3-6-13(14)20-2/h3-4,6-7,15,18-19H,5,8-12H2,1-2H3/t15-,16+/m0/s1. The third kappa shape index (κ3) is 4.33. The van der Waals surface area contributed by atoms with E-state index in [0.717, 1.165) is 31.0 Å². The van der Waals surface area contributed by atoms with Gasteiger partial charge in [-0.2, -0.15) is 0 Å². The maximum absolute atomic E-state index is 9.92. The van der Waals surface area contributed by atoms with E-state index in [1.54, 1.807) is 14.0 Å². The van der Waals surface area contributed by atoms with Gasteiger partial charge in [-0.3, -0.25) is 0 Å². The topological polar surface area (TPSA) is 62.2 Å². The van der Waals surface area contributed by atoms with Crippen molar-refractivity contribution in [1.82, 2.24) is 4.90 Å². The SMILES string of the molecule is COc1ccccc1OCCCN1CC[C@@](C)(O)[C@@H](O)C1. The number of hydrogen-bond acceptors (Lipinski definition) is 5. The summed E-state index contributed by atoms with van der Waals surface area (Å²) in [7, 11) is 1.63. The Morgan fingerprint density at radius 3 is 2.71 bits per heavy atom. The molecular formula is C16H25NO4. The van der Waals surface area contributed by atoms with E-state index >= 15 is 0 Å². The van der Waals surface area contributed by atoms with E-state index in [4.69, 9.17) is 9.47 Å². The highest BCUT2D eigenvalue weighted by atomic mass is 16.5. The highest BCUT2D eigenvalue weighted by Crippen LogP contribution is 2.26. The normalized spacial score (nSPS) is 26.6. The van der Waals surface area contributed by atoms with Gasteiger partial charge in [0.15, 0.2) is 11.5 Å². The van der Waals surface area contributed by atoms with Gasteiger partial charge in [-0.25, -0.2) is 0 Å². The van der Waals surface area contributed by atoms with Gasteiger partial charge in [0.05, 0.1) is 25.4 Å². The third-order valence-electron chi connectivity index (χ3n) is 4.03. The number of rotatable bonds is 6. The summed E-state index contributed by atoms with van der Waals surface area (Å²) in [4.78, 5) is 2.16. The third-order valence-corrected chi connectivity index (χ3v) is 4.03. The van der Waals surface area contributed by atoms with Crippen LogP contribution < -0.4 is 9.47 Å². The molecule has 1 aromatic carbocycles. The maximum atomic E-state index is 9.92. The molecule has 5 heteroatoms. The minimum atomic E-state index is -0.954. The molecule has 0 aromatic heterocycles. The Balaban J connectivity index is 1.71. The quantitative estimate of drug-likeness (QED) is 0.774. The Bertz CT molecular complexity index is 450. The summed E-state index contributed by atoms with van der Waals surface area (Å²) in [5.41, 5.74) is -0.954. The largest absolute Gasteiger partial charge is 0.493 e. The highest BCUT2D eigenvalue weighted by molar-refractivity contribution is 5.39. The molecule has 2 atom stereocenters. The fraction of sp³-hybridized carbons (Fsp3) is 0.625. The number of likely N-dealkylation sites (tertiary alicyclic amines) is 1.